The summed E-state index contributed by atoms with van der Waals surface area (Å²) in [6.45, 7) is 7.48. The molecule has 1 aliphatic heterocycles. The molecule has 0 aliphatic carbocycles. The Morgan fingerprint density at radius 2 is 1.40 bits per heavy atom. The molecule has 8 heteroatoms. The second kappa shape index (κ2) is 13.8. The minimum Gasteiger partial charge on any atom is -0.495 e. The van der Waals surface area contributed by atoms with Gasteiger partial charge >= 0.3 is 6.03 Å². The highest BCUT2D eigenvalue weighted by Crippen LogP contribution is 2.31. The maximum Gasteiger partial charge on any atom is 0.323 e. The molecule has 3 N–H and O–H groups in total. The molecule has 4 aromatic carbocycles. The normalized spacial score (nSPS) is 12.9. The van der Waals surface area contributed by atoms with Crippen LogP contribution in [0.1, 0.15) is 27.0 Å². The monoisotopic (exact) mass is 577 g/mol. The number of benzene rings is 4. The van der Waals surface area contributed by atoms with Gasteiger partial charge in [0.25, 0.3) is 5.91 Å². The molecule has 1 fully saturated rings. The Bertz CT molecular complexity index is 1550. The van der Waals surface area contributed by atoms with Crippen LogP contribution in [-0.4, -0.2) is 51.8 Å². The minimum atomic E-state index is -0.356. The summed E-state index contributed by atoms with van der Waals surface area (Å²) in [6, 6.07) is 29.2. The van der Waals surface area contributed by atoms with Gasteiger partial charge in [0, 0.05) is 49.8 Å². The average molecular weight is 578 g/mol. The SMILES string of the molecule is COc1ccccc1N1CCN(c2ccc(NC(=O)Nc3c(C)cccc3C)cc2C(=O)NCCc2ccccc2)CC1. The fourth-order valence-corrected chi connectivity index (χ4v) is 5.50. The number of methoxy groups -OCH3 is 1. The van der Waals surface area contributed by atoms with Gasteiger partial charge < -0.3 is 30.5 Å². The number of nitrogens with one attached hydrogen (secondary N) is 3. The quantitative estimate of drug-likeness (QED) is 0.219. The van der Waals surface area contributed by atoms with Crippen molar-refractivity contribution in [2.45, 2.75) is 20.3 Å². The van der Waals surface area contributed by atoms with Crippen molar-refractivity contribution in [3.63, 3.8) is 0 Å². The van der Waals surface area contributed by atoms with E-state index in [1.807, 2.05) is 80.6 Å². The maximum atomic E-state index is 13.6. The van der Waals surface area contributed by atoms with Crippen molar-refractivity contribution in [1.29, 1.82) is 0 Å². The highest BCUT2D eigenvalue weighted by atomic mass is 16.5. The number of aryl methyl sites for hydroxylation is 2. The summed E-state index contributed by atoms with van der Waals surface area (Å²) in [5.41, 5.74) is 6.90. The predicted octanol–water partition coefficient (Wildman–Crippen LogP) is 6.26. The van der Waals surface area contributed by atoms with Gasteiger partial charge in [-0.25, -0.2) is 4.79 Å². The molecular weight excluding hydrogens is 538 g/mol. The van der Waals surface area contributed by atoms with E-state index in [9.17, 15) is 9.59 Å². The molecule has 222 valence electrons. The number of nitrogens with zero attached hydrogens (tertiary/aromatic N) is 2. The molecule has 0 radical (unpaired) electrons. The zero-order chi connectivity index (χ0) is 30.2. The zero-order valence-corrected chi connectivity index (χ0v) is 25.0. The smallest absolute Gasteiger partial charge is 0.323 e. The topological polar surface area (TPSA) is 85.9 Å². The van der Waals surface area contributed by atoms with Crippen LogP contribution < -0.4 is 30.5 Å². The van der Waals surface area contributed by atoms with E-state index in [1.54, 1.807) is 13.2 Å². The van der Waals surface area contributed by atoms with Crippen molar-refractivity contribution in [1.82, 2.24) is 5.32 Å². The van der Waals surface area contributed by atoms with Gasteiger partial charge in [0.15, 0.2) is 0 Å². The Balaban J connectivity index is 1.33. The van der Waals surface area contributed by atoms with Gasteiger partial charge in [0.2, 0.25) is 0 Å². The molecule has 43 heavy (non-hydrogen) atoms. The number of carbonyl (C=O) groups is 2. The Hall–Kier alpha value is -4.98. The number of hydrogen-bond donors (Lipinski definition) is 3. The molecule has 0 saturated carbocycles. The third kappa shape index (κ3) is 7.27. The summed E-state index contributed by atoms with van der Waals surface area (Å²) < 4.78 is 5.58. The van der Waals surface area contributed by atoms with Gasteiger partial charge in [0.1, 0.15) is 5.75 Å². The molecule has 1 aliphatic rings. The summed E-state index contributed by atoms with van der Waals surface area (Å²) >= 11 is 0. The summed E-state index contributed by atoms with van der Waals surface area (Å²) in [7, 11) is 1.69. The zero-order valence-electron chi connectivity index (χ0n) is 25.0. The van der Waals surface area contributed by atoms with Crippen LogP contribution in [0.15, 0.2) is 91.0 Å². The van der Waals surface area contributed by atoms with Crippen molar-refractivity contribution in [3.8, 4) is 5.75 Å². The van der Waals surface area contributed by atoms with Crippen molar-refractivity contribution >= 4 is 34.7 Å². The molecule has 0 aromatic heterocycles. The van der Waals surface area contributed by atoms with Crippen LogP contribution in [0.25, 0.3) is 0 Å². The number of urea groups is 1. The number of amides is 3. The van der Waals surface area contributed by atoms with Crippen molar-refractivity contribution in [3.05, 3.63) is 113 Å². The standard InChI is InChI=1S/C35H39N5O3/c1-25-10-9-11-26(2)33(25)38-35(42)37-28-16-17-30(29(24-28)34(41)36-19-18-27-12-5-4-6-13-27)39-20-22-40(23-21-39)31-14-7-8-15-32(31)43-3/h4-17,24H,18-23H2,1-3H3,(H,36,41)(H2,37,38,42). The lowest BCUT2D eigenvalue weighted by molar-refractivity contribution is 0.0954. The molecule has 0 unspecified atom stereocenters. The van der Waals surface area contributed by atoms with Gasteiger partial charge in [0.05, 0.1) is 18.4 Å². The van der Waals surface area contributed by atoms with Crippen LogP contribution >= 0.6 is 0 Å². The number of hydrogen-bond acceptors (Lipinski definition) is 5. The van der Waals surface area contributed by atoms with Crippen LogP contribution in [0.2, 0.25) is 0 Å². The van der Waals surface area contributed by atoms with E-state index >= 15 is 0 Å². The van der Waals surface area contributed by atoms with E-state index in [4.69, 9.17) is 4.74 Å². The number of rotatable bonds is 9. The first-order chi connectivity index (χ1) is 20.9. The van der Waals surface area contributed by atoms with Gasteiger partial charge in [-0.2, -0.15) is 0 Å². The van der Waals surface area contributed by atoms with E-state index < -0.39 is 0 Å². The first kappa shape index (κ1) is 29.5. The molecule has 4 aromatic rings. The van der Waals surface area contributed by atoms with Crippen molar-refractivity contribution in [2.75, 3.05) is 60.3 Å². The summed E-state index contributed by atoms with van der Waals surface area (Å²) in [6.07, 6.45) is 0.732. The number of para-hydroxylation sites is 3. The molecule has 0 bridgehead atoms. The molecule has 1 saturated heterocycles. The Morgan fingerprint density at radius 3 is 2.09 bits per heavy atom. The molecule has 3 amide bonds. The van der Waals surface area contributed by atoms with Crippen LogP contribution in [0.5, 0.6) is 5.75 Å². The average Bonchev–Trinajstić information content (AvgIpc) is 3.03. The Labute approximate surface area is 253 Å². The molecule has 0 atom stereocenters. The fraction of sp³-hybridized carbons (Fsp3) is 0.257. The molecular formula is C35H39N5O3. The van der Waals surface area contributed by atoms with Gasteiger partial charge in [-0.15, -0.1) is 0 Å². The first-order valence-electron chi connectivity index (χ1n) is 14.7. The largest absolute Gasteiger partial charge is 0.495 e. The van der Waals surface area contributed by atoms with Crippen LogP contribution in [-0.2, 0) is 6.42 Å². The lowest BCUT2D eigenvalue weighted by atomic mass is 10.1. The Morgan fingerprint density at radius 1 is 0.744 bits per heavy atom. The fourth-order valence-electron chi connectivity index (χ4n) is 5.50. The highest BCUT2D eigenvalue weighted by molar-refractivity contribution is 6.04. The van der Waals surface area contributed by atoms with E-state index in [1.165, 1.54) is 0 Å². The lowest BCUT2D eigenvalue weighted by Gasteiger charge is -2.38. The summed E-state index contributed by atoms with van der Waals surface area (Å²) in [4.78, 5) is 31.1. The maximum absolute atomic E-state index is 13.6. The van der Waals surface area contributed by atoms with Gasteiger partial charge in [-0.1, -0.05) is 60.7 Å². The van der Waals surface area contributed by atoms with E-state index in [0.29, 0.717) is 17.8 Å². The molecule has 8 nitrogen and oxygen atoms in total. The summed E-state index contributed by atoms with van der Waals surface area (Å²) in [5, 5.41) is 8.97. The van der Waals surface area contributed by atoms with E-state index in [-0.39, 0.29) is 11.9 Å². The van der Waals surface area contributed by atoms with E-state index in [2.05, 4.69) is 43.9 Å². The Kier molecular flexibility index (Phi) is 9.46. The summed E-state index contributed by atoms with van der Waals surface area (Å²) in [5.74, 6) is 0.681. The number of ether oxygens (including phenoxy) is 1. The number of carbonyl (C=O) groups excluding carboxylic acids is 2. The van der Waals surface area contributed by atoms with Gasteiger partial charge in [-0.05, 0) is 67.3 Å². The molecule has 5 rings (SSSR count). The third-order valence-corrected chi connectivity index (χ3v) is 7.81. The lowest BCUT2D eigenvalue weighted by Crippen LogP contribution is -2.47. The number of anilines is 4. The van der Waals surface area contributed by atoms with E-state index in [0.717, 1.165) is 72.1 Å². The molecule has 1 heterocycles. The van der Waals surface area contributed by atoms with Crippen molar-refractivity contribution < 1.29 is 14.3 Å². The van der Waals surface area contributed by atoms with Crippen LogP contribution in [0, 0.1) is 13.8 Å². The van der Waals surface area contributed by atoms with Crippen LogP contribution in [0.4, 0.5) is 27.5 Å². The molecule has 0 spiro atoms. The minimum absolute atomic E-state index is 0.170. The second-order valence-electron chi connectivity index (χ2n) is 10.7. The first-order valence-corrected chi connectivity index (χ1v) is 14.7. The predicted molar refractivity (Wildman–Crippen MR) is 175 cm³/mol. The second-order valence-corrected chi connectivity index (χ2v) is 10.7. The van der Waals surface area contributed by atoms with Gasteiger partial charge in [-0.3, -0.25) is 4.79 Å². The third-order valence-electron chi connectivity index (χ3n) is 7.81. The number of piperazine rings is 1. The highest BCUT2D eigenvalue weighted by Gasteiger charge is 2.24. The van der Waals surface area contributed by atoms with Crippen LogP contribution in [0.3, 0.4) is 0 Å². The van der Waals surface area contributed by atoms with Crippen molar-refractivity contribution in [2.24, 2.45) is 0 Å².